The summed E-state index contributed by atoms with van der Waals surface area (Å²) >= 11 is 0. The third-order valence-corrected chi connectivity index (χ3v) is 6.33. The number of benzene rings is 1. The van der Waals surface area contributed by atoms with Gasteiger partial charge in [-0.1, -0.05) is 78.4 Å². The van der Waals surface area contributed by atoms with Gasteiger partial charge in [0.2, 0.25) is 11.8 Å². The van der Waals surface area contributed by atoms with E-state index in [0.29, 0.717) is 25.1 Å². The van der Waals surface area contributed by atoms with Crippen LogP contribution in [0, 0.1) is 5.92 Å². The van der Waals surface area contributed by atoms with E-state index in [-0.39, 0.29) is 23.5 Å². The molecule has 2 atom stereocenters. The van der Waals surface area contributed by atoms with Gasteiger partial charge in [-0.05, 0) is 63.6 Å². The Hall–Kier alpha value is -2.77. The van der Waals surface area contributed by atoms with E-state index in [1.165, 1.54) is 12.1 Å². The van der Waals surface area contributed by atoms with Crippen LogP contribution < -0.4 is 10.6 Å². The standard InChI is InChI=1S/C31H53N3O5/c1-8-10-12-13-15-21-34(29(37)26(22-23(3)4)33-30(38)39-31(5,6)7)27(24-16-18-25(35)19-17-24)28(36)32-20-14-11-9-2/h16-19,23,26-27,35H,8-15,20-22H2,1-7H3,(H,32,36)(H,33,38). The molecule has 0 fully saturated rings. The number of phenolic OH excluding ortho intramolecular Hbond substituents is 1. The molecular weight excluding hydrogens is 494 g/mol. The summed E-state index contributed by atoms with van der Waals surface area (Å²) in [6.45, 7) is 14.5. The Bertz CT molecular complexity index is 864. The van der Waals surface area contributed by atoms with Gasteiger partial charge in [0.1, 0.15) is 23.4 Å². The van der Waals surface area contributed by atoms with Crippen LogP contribution in [0.25, 0.3) is 0 Å². The summed E-state index contributed by atoms with van der Waals surface area (Å²) in [6.07, 6.45) is 7.59. The quantitative estimate of drug-likeness (QED) is 0.194. The lowest BCUT2D eigenvalue weighted by molar-refractivity contribution is -0.143. The predicted molar refractivity (Wildman–Crippen MR) is 156 cm³/mol. The highest BCUT2D eigenvalue weighted by Gasteiger charge is 2.36. The van der Waals surface area contributed by atoms with Crippen molar-refractivity contribution in [1.29, 1.82) is 0 Å². The lowest BCUT2D eigenvalue weighted by Gasteiger charge is -2.35. The molecule has 39 heavy (non-hydrogen) atoms. The molecule has 0 spiro atoms. The molecular formula is C31H53N3O5. The van der Waals surface area contributed by atoms with Crippen LogP contribution in [0.15, 0.2) is 24.3 Å². The molecule has 0 saturated heterocycles. The van der Waals surface area contributed by atoms with E-state index in [1.54, 1.807) is 37.8 Å². The highest BCUT2D eigenvalue weighted by atomic mass is 16.6. The number of phenols is 1. The molecule has 1 rings (SSSR count). The molecule has 0 radical (unpaired) electrons. The molecule has 8 heteroatoms. The number of rotatable bonds is 17. The summed E-state index contributed by atoms with van der Waals surface area (Å²) in [5.41, 5.74) is -0.0928. The second-order valence-electron chi connectivity index (χ2n) is 11.8. The lowest BCUT2D eigenvalue weighted by Crippen LogP contribution is -2.53. The molecule has 0 aromatic heterocycles. The van der Waals surface area contributed by atoms with Gasteiger partial charge in [-0.15, -0.1) is 0 Å². The summed E-state index contributed by atoms with van der Waals surface area (Å²) in [7, 11) is 0. The molecule has 3 amide bonds. The minimum absolute atomic E-state index is 0.0857. The second kappa shape index (κ2) is 17.7. The zero-order valence-corrected chi connectivity index (χ0v) is 25.3. The van der Waals surface area contributed by atoms with Crippen LogP contribution in [-0.4, -0.2) is 52.6 Å². The number of carbonyl (C=O) groups excluding carboxylic acids is 3. The molecule has 2 unspecified atom stereocenters. The van der Waals surface area contributed by atoms with Crippen LogP contribution in [0.3, 0.4) is 0 Å². The van der Waals surface area contributed by atoms with Gasteiger partial charge in [0.05, 0.1) is 0 Å². The molecule has 222 valence electrons. The summed E-state index contributed by atoms with van der Waals surface area (Å²) in [4.78, 5) is 42.2. The van der Waals surface area contributed by atoms with Gasteiger partial charge in [-0.3, -0.25) is 9.59 Å². The van der Waals surface area contributed by atoms with Gasteiger partial charge in [-0.25, -0.2) is 4.79 Å². The van der Waals surface area contributed by atoms with Crippen LogP contribution in [0.5, 0.6) is 5.75 Å². The number of aromatic hydroxyl groups is 1. The number of hydrogen-bond acceptors (Lipinski definition) is 5. The van der Waals surface area contributed by atoms with Crippen molar-refractivity contribution in [3.05, 3.63) is 29.8 Å². The average Bonchev–Trinajstić information content (AvgIpc) is 2.84. The van der Waals surface area contributed by atoms with Gasteiger partial charge >= 0.3 is 6.09 Å². The van der Waals surface area contributed by atoms with E-state index in [1.807, 2.05) is 13.8 Å². The molecule has 0 aliphatic rings. The van der Waals surface area contributed by atoms with Crippen molar-refractivity contribution in [2.75, 3.05) is 13.1 Å². The third kappa shape index (κ3) is 13.7. The van der Waals surface area contributed by atoms with Gasteiger partial charge < -0.3 is 25.4 Å². The van der Waals surface area contributed by atoms with Crippen molar-refractivity contribution in [3.8, 4) is 5.75 Å². The Balaban J connectivity index is 3.40. The SMILES string of the molecule is CCCCCCCN(C(=O)C(CC(C)C)NC(=O)OC(C)(C)C)C(C(=O)NCCCCC)c1ccc(O)cc1. The maximum absolute atomic E-state index is 14.2. The molecule has 0 aliphatic carbocycles. The molecule has 3 N–H and O–H groups in total. The van der Waals surface area contributed by atoms with Gasteiger partial charge in [0.25, 0.3) is 0 Å². The minimum atomic E-state index is -0.888. The van der Waals surface area contributed by atoms with Crippen molar-refractivity contribution >= 4 is 17.9 Å². The largest absolute Gasteiger partial charge is 0.508 e. The summed E-state index contributed by atoms with van der Waals surface area (Å²) in [5, 5.41) is 15.7. The third-order valence-electron chi connectivity index (χ3n) is 6.33. The van der Waals surface area contributed by atoms with Crippen molar-refractivity contribution in [2.45, 2.75) is 124 Å². The first-order chi connectivity index (χ1) is 18.4. The Labute approximate surface area is 236 Å². The smallest absolute Gasteiger partial charge is 0.408 e. The van der Waals surface area contributed by atoms with Crippen LogP contribution in [0.1, 0.15) is 118 Å². The first-order valence-electron chi connectivity index (χ1n) is 14.8. The fourth-order valence-electron chi connectivity index (χ4n) is 4.41. The number of amides is 3. The van der Waals surface area contributed by atoms with Crippen molar-refractivity contribution in [3.63, 3.8) is 0 Å². The van der Waals surface area contributed by atoms with E-state index in [2.05, 4.69) is 24.5 Å². The molecule has 0 bridgehead atoms. The number of carbonyl (C=O) groups is 3. The highest BCUT2D eigenvalue weighted by molar-refractivity contribution is 5.92. The monoisotopic (exact) mass is 547 g/mol. The number of nitrogens with one attached hydrogen (secondary N) is 2. The number of ether oxygens (including phenoxy) is 1. The molecule has 0 aliphatic heterocycles. The Morgan fingerprint density at radius 1 is 0.923 bits per heavy atom. The van der Waals surface area contributed by atoms with E-state index in [9.17, 15) is 19.5 Å². The van der Waals surface area contributed by atoms with Gasteiger partial charge in [-0.2, -0.15) is 0 Å². The minimum Gasteiger partial charge on any atom is -0.508 e. The fourth-order valence-corrected chi connectivity index (χ4v) is 4.41. The average molecular weight is 548 g/mol. The number of alkyl carbamates (subject to hydrolysis) is 1. The first kappa shape index (κ1) is 34.3. The number of nitrogens with zero attached hydrogens (tertiary/aromatic N) is 1. The maximum Gasteiger partial charge on any atom is 0.408 e. The topological polar surface area (TPSA) is 108 Å². The molecule has 0 saturated carbocycles. The fraction of sp³-hybridized carbons (Fsp3) is 0.710. The number of hydrogen-bond donors (Lipinski definition) is 3. The van der Waals surface area contributed by atoms with Crippen molar-refractivity contribution < 1.29 is 24.2 Å². The van der Waals surface area contributed by atoms with E-state index in [0.717, 1.165) is 51.4 Å². The van der Waals surface area contributed by atoms with E-state index >= 15 is 0 Å². The Morgan fingerprint density at radius 2 is 1.51 bits per heavy atom. The second-order valence-corrected chi connectivity index (χ2v) is 11.8. The van der Waals surface area contributed by atoms with Crippen LogP contribution in [-0.2, 0) is 14.3 Å². The molecule has 8 nitrogen and oxygen atoms in total. The lowest BCUT2D eigenvalue weighted by atomic mass is 9.98. The molecule has 1 aromatic rings. The Morgan fingerprint density at radius 3 is 2.08 bits per heavy atom. The summed E-state index contributed by atoms with van der Waals surface area (Å²) in [5.74, 6) is -0.371. The van der Waals surface area contributed by atoms with Gasteiger partial charge in [0, 0.05) is 13.1 Å². The maximum atomic E-state index is 14.2. The van der Waals surface area contributed by atoms with E-state index < -0.39 is 23.8 Å². The zero-order chi connectivity index (χ0) is 29.4. The van der Waals surface area contributed by atoms with Gasteiger partial charge in [0.15, 0.2) is 0 Å². The van der Waals surface area contributed by atoms with E-state index in [4.69, 9.17) is 4.74 Å². The number of unbranched alkanes of at least 4 members (excludes halogenated alkanes) is 6. The normalized spacial score (nSPS) is 13.0. The van der Waals surface area contributed by atoms with Crippen LogP contribution in [0.4, 0.5) is 4.79 Å². The molecule has 0 heterocycles. The van der Waals surface area contributed by atoms with Crippen LogP contribution >= 0.6 is 0 Å². The molecule has 1 aromatic carbocycles. The summed E-state index contributed by atoms with van der Waals surface area (Å²) < 4.78 is 5.46. The Kier molecular flexibility index (Phi) is 15.6. The zero-order valence-electron chi connectivity index (χ0n) is 25.3. The highest BCUT2D eigenvalue weighted by Crippen LogP contribution is 2.26. The van der Waals surface area contributed by atoms with Crippen molar-refractivity contribution in [1.82, 2.24) is 15.5 Å². The van der Waals surface area contributed by atoms with Crippen LogP contribution in [0.2, 0.25) is 0 Å². The van der Waals surface area contributed by atoms with Crippen molar-refractivity contribution in [2.24, 2.45) is 5.92 Å². The predicted octanol–water partition coefficient (Wildman–Crippen LogP) is 6.48. The summed E-state index contributed by atoms with van der Waals surface area (Å²) in [6, 6.07) is 4.69. The first-order valence-corrected chi connectivity index (χ1v) is 14.8.